The van der Waals surface area contributed by atoms with Crippen LogP contribution in [0, 0.1) is 6.92 Å². The number of benzene rings is 1. The summed E-state index contributed by atoms with van der Waals surface area (Å²) in [6.07, 6.45) is 0. The maximum Gasteiger partial charge on any atom is 0.387 e. The van der Waals surface area contributed by atoms with E-state index in [0.29, 0.717) is 24.6 Å². The fraction of sp³-hybridized carbons (Fsp3) is 0.400. The molecule has 24 heavy (non-hydrogen) atoms. The Balaban J connectivity index is 1.93. The normalized spacial score (nSPS) is 11.7. The highest BCUT2D eigenvalue weighted by Gasteiger charge is 2.10. The predicted molar refractivity (Wildman–Crippen MR) is 85.9 cm³/mol. The van der Waals surface area contributed by atoms with Gasteiger partial charge in [0.2, 0.25) is 0 Å². The second kappa shape index (κ2) is 8.23. The molecule has 0 atom stereocenters. The maximum absolute atomic E-state index is 12.4. The number of hydrogen-bond acceptors (Lipinski definition) is 4. The lowest BCUT2D eigenvalue weighted by molar-refractivity contribution is -0.0504. The van der Waals surface area contributed by atoms with Crippen LogP contribution in [0.5, 0.6) is 5.75 Å². The number of ether oxygens (including phenoxy) is 1. The summed E-state index contributed by atoms with van der Waals surface area (Å²) in [7, 11) is 3.50. The second-order valence-electron chi connectivity index (χ2n) is 4.99. The topological polar surface area (TPSA) is 76.4 Å². The van der Waals surface area contributed by atoms with Gasteiger partial charge in [0.1, 0.15) is 11.6 Å². The molecule has 0 amide bonds. The Kier molecular flexibility index (Phi) is 6.05. The number of guanidine groups is 1. The molecule has 0 aliphatic heterocycles. The van der Waals surface area contributed by atoms with Gasteiger partial charge in [-0.05, 0) is 13.0 Å². The number of aromatic nitrogens is 3. The van der Waals surface area contributed by atoms with E-state index in [2.05, 4.69) is 30.6 Å². The molecule has 130 valence electrons. The van der Waals surface area contributed by atoms with E-state index >= 15 is 0 Å². The van der Waals surface area contributed by atoms with Gasteiger partial charge in [0.25, 0.3) is 0 Å². The van der Waals surface area contributed by atoms with E-state index in [1.54, 1.807) is 25.2 Å². The quantitative estimate of drug-likeness (QED) is 0.618. The molecule has 0 fully saturated rings. The minimum Gasteiger partial charge on any atom is -0.434 e. The van der Waals surface area contributed by atoms with Crippen LogP contribution < -0.4 is 15.4 Å². The third kappa shape index (κ3) is 4.64. The molecule has 2 rings (SSSR count). The van der Waals surface area contributed by atoms with Crippen molar-refractivity contribution in [3.63, 3.8) is 0 Å². The number of hydrogen-bond donors (Lipinski definition) is 2. The molecular formula is C15H20F2N6O. The van der Waals surface area contributed by atoms with Crippen molar-refractivity contribution in [2.24, 2.45) is 12.0 Å². The van der Waals surface area contributed by atoms with Gasteiger partial charge in [0.05, 0.1) is 6.54 Å². The van der Waals surface area contributed by atoms with Crippen molar-refractivity contribution in [1.29, 1.82) is 0 Å². The average molecular weight is 338 g/mol. The molecule has 7 nitrogen and oxygen atoms in total. The van der Waals surface area contributed by atoms with Gasteiger partial charge in [0.15, 0.2) is 11.8 Å². The third-order valence-electron chi connectivity index (χ3n) is 3.46. The van der Waals surface area contributed by atoms with Crippen LogP contribution in [0.3, 0.4) is 0 Å². The zero-order chi connectivity index (χ0) is 17.5. The van der Waals surface area contributed by atoms with Crippen LogP contribution >= 0.6 is 0 Å². The van der Waals surface area contributed by atoms with E-state index in [1.165, 1.54) is 6.07 Å². The second-order valence-corrected chi connectivity index (χ2v) is 4.99. The monoisotopic (exact) mass is 338 g/mol. The fourth-order valence-corrected chi connectivity index (χ4v) is 2.03. The molecule has 9 heteroatoms. The highest BCUT2D eigenvalue weighted by Crippen LogP contribution is 2.19. The molecule has 0 radical (unpaired) electrons. The van der Waals surface area contributed by atoms with E-state index in [0.717, 1.165) is 11.6 Å². The van der Waals surface area contributed by atoms with E-state index < -0.39 is 6.61 Å². The van der Waals surface area contributed by atoms with Gasteiger partial charge in [-0.1, -0.05) is 18.2 Å². The van der Waals surface area contributed by atoms with Crippen molar-refractivity contribution in [3.05, 3.63) is 41.5 Å². The van der Waals surface area contributed by atoms with Crippen molar-refractivity contribution in [2.45, 2.75) is 26.6 Å². The predicted octanol–water partition coefficient (Wildman–Crippen LogP) is 1.59. The Labute approximate surface area is 138 Å². The van der Waals surface area contributed by atoms with Crippen LogP contribution in [0.15, 0.2) is 29.3 Å². The molecule has 1 aromatic carbocycles. The molecule has 0 unspecified atom stereocenters. The van der Waals surface area contributed by atoms with E-state index in [9.17, 15) is 8.78 Å². The van der Waals surface area contributed by atoms with Crippen LogP contribution in [0.4, 0.5) is 8.78 Å². The fourth-order valence-electron chi connectivity index (χ4n) is 2.03. The van der Waals surface area contributed by atoms with Gasteiger partial charge in [-0.3, -0.25) is 4.99 Å². The molecule has 0 bridgehead atoms. The number of aryl methyl sites for hydroxylation is 1. The smallest absolute Gasteiger partial charge is 0.387 e. The first kappa shape index (κ1) is 17.6. The summed E-state index contributed by atoms with van der Waals surface area (Å²) in [4.78, 5) is 4.09. The first-order chi connectivity index (χ1) is 11.5. The maximum atomic E-state index is 12.4. The van der Waals surface area contributed by atoms with Crippen molar-refractivity contribution >= 4 is 5.96 Å². The van der Waals surface area contributed by atoms with Gasteiger partial charge in [-0.15, -0.1) is 10.2 Å². The number of nitrogens with zero attached hydrogens (tertiary/aromatic N) is 4. The lowest BCUT2D eigenvalue weighted by Crippen LogP contribution is -2.37. The minimum absolute atomic E-state index is 0.138. The average Bonchev–Trinajstić information content (AvgIpc) is 2.88. The summed E-state index contributed by atoms with van der Waals surface area (Å²) in [5.41, 5.74) is 0.607. The Morgan fingerprint density at radius 1 is 1.25 bits per heavy atom. The molecule has 2 aromatic rings. The van der Waals surface area contributed by atoms with Crippen LogP contribution in [-0.2, 0) is 20.1 Å². The summed E-state index contributed by atoms with van der Waals surface area (Å²) >= 11 is 0. The largest absolute Gasteiger partial charge is 0.434 e. The van der Waals surface area contributed by atoms with E-state index in [-0.39, 0.29) is 5.75 Å². The van der Waals surface area contributed by atoms with Gasteiger partial charge in [-0.25, -0.2) is 0 Å². The SMILES string of the molecule is CN=C(NCc1ccccc1OC(F)F)NCc1nnc(C)n1C. The summed E-state index contributed by atoms with van der Waals surface area (Å²) < 4.78 is 31.2. The van der Waals surface area contributed by atoms with Crippen molar-refractivity contribution in [1.82, 2.24) is 25.4 Å². The van der Waals surface area contributed by atoms with Crippen LogP contribution in [-0.4, -0.2) is 34.4 Å². The number of halogens is 2. The standard InChI is InChI=1S/C15H20F2N6O/c1-10-21-22-13(23(10)3)9-20-15(18-2)19-8-11-6-4-5-7-12(11)24-14(16)17/h4-7,14H,8-9H2,1-3H3,(H2,18,19,20). The summed E-state index contributed by atoms with van der Waals surface area (Å²) in [6.45, 7) is -0.265. The van der Waals surface area contributed by atoms with Crippen LogP contribution in [0.1, 0.15) is 17.2 Å². The lowest BCUT2D eigenvalue weighted by atomic mass is 10.2. The molecule has 0 spiro atoms. The Hall–Kier alpha value is -2.71. The van der Waals surface area contributed by atoms with Gasteiger partial charge in [-0.2, -0.15) is 8.78 Å². The van der Waals surface area contributed by atoms with Crippen molar-refractivity contribution < 1.29 is 13.5 Å². The highest BCUT2D eigenvalue weighted by atomic mass is 19.3. The number of aliphatic imine (C=N–C) groups is 1. The zero-order valence-electron chi connectivity index (χ0n) is 13.8. The minimum atomic E-state index is -2.86. The van der Waals surface area contributed by atoms with E-state index in [4.69, 9.17) is 0 Å². The summed E-state index contributed by atoms with van der Waals surface area (Å²) in [6, 6.07) is 6.62. The van der Waals surface area contributed by atoms with Crippen molar-refractivity contribution in [3.8, 4) is 5.75 Å². The van der Waals surface area contributed by atoms with Gasteiger partial charge < -0.3 is 19.9 Å². The summed E-state index contributed by atoms with van der Waals surface area (Å²) in [5, 5.41) is 14.2. The molecule has 0 saturated heterocycles. The Bertz CT molecular complexity index is 701. The van der Waals surface area contributed by atoms with E-state index in [1.807, 2.05) is 18.5 Å². The van der Waals surface area contributed by atoms with Gasteiger partial charge >= 0.3 is 6.61 Å². The number of alkyl halides is 2. The Morgan fingerprint density at radius 2 is 1.96 bits per heavy atom. The first-order valence-corrected chi connectivity index (χ1v) is 7.33. The molecule has 0 saturated carbocycles. The molecule has 0 aliphatic carbocycles. The van der Waals surface area contributed by atoms with Gasteiger partial charge in [0, 0.05) is 26.2 Å². The molecule has 2 N–H and O–H groups in total. The lowest BCUT2D eigenvalue weighted by Gasteiger charge is -2.14. The summed E-state index contributed by atoms with van der Waals surface area (Å²) in [5.74, 6) is 2.23. The van der Waals surface area contributed by atoms with Crippen LogP contribution in [0.2, 0.25) is 0 Å². The van der Waals surface area contributed by atoms with Crippen molar-refractivity contribution in [2.75, 3.05) is 7.05 Å². The highest BCUT2D eigenvalue weighted by molar-refractivity contribution is 5.79. The van der Waals surface area contributed by atoms with Crippen LogP contribution in [0.25, 0.3) is 0 Å². The number of para-hydroxylation sites is 1. The third-order valence-corrected chi connectivity index (χ3v) is 3.46. The molecule has 1 heterocycles. The number of rotatable bonds is 6. The molecule has 1 aromatic heterocycles. The Morgan fingerprint density at radius 3 is 2.58 bits per heavy atom. The number of nitrogens with one attached hydrogen (secondary N) is 2. The molecule has 0 aliphatic rings. The zero-order valence-corrected chi connectivity index (χ0v) is 13.8. The molecular weight excluding hydrogens is 318 g/mol. The first-order valence-electron chi connectivity index (χ1n) is 7.33.